The topological polar surface area (TPSA) is 54.5 Å². The van der Waals surface area contributed by atoms with E-state index in [9.17, 15) is 4.79 Å². The molecule has 2 bridgehead atoms. The van der Waals surface area contributed by atoms with Crippen LogP contribution in [0.4, 0.5) is 0 Å². The number of hydrogen-bond donors (Lipinski definition) is 1. The third-order valence-electron chi connectivity index (χ3n) is 5.20. The quantitative estimate of drug-likeness (QED) is 0.870. The smallest absolute Gasteiger partial charge is 0.255 e. The maximum absolute atomic E-state index is 12.8. The van der Waals surface area contributed by atoms with E-state index in [1.54, 1.807) is 19.4 Å². The van der Waals surface area contributed by atoms with Crippen LogP contribution < -0.4 is 10.1 Å². The Morgan fingerprint density at radius 1 is 1.30 bits per heavy atom. The third-order valence-corrected chi connectivity index (χ3v) is 5.20. The van der Waals surface area contributed by atoms with Gasteiger partial charge >= 0.3 is 0 Å². The number of amides is 1. The first-order valence-electron chi connectivity index (χ1n) is 7.33. The van der Waals surface area contributed by atoms with E-state index in [1.165, 1.54) is 0 Å². The molecule has 106 valence electrons. The first kappa shape index (κ1) is 12.1. The summed E-state index contributed by atoms with van der Waals surface area (Å²) in [7, 11) is 1.58. The Balaban J connectivity index is 1.60. The lowest BCUT2D eigenvalue weighted by Gasteiger charge is -2.24. The number of nitrogens with zero attached hydrogens (tertiary/aromatic N) is 2. The number of hydrogen-bond acceptors (Lipinski definition) is 4. The van der Waals surface area contributed by atoms with Crippen molar-refractivity contribution in [3.63, 3.8) is 0 Å². The van der Waals surface area contributed by atoms with Crippen molar-refractivity contribution >= 4 is 5.91 Å². The summed E-state index contributed by atoms with van der Waals surface area (Å²) in [6.45, 7) is 2.13. The van der Waals surface area contributed by atoms with Gasteiger partial charge in [0.1, 0.15) is 0 Å². The summed E-state index contributed by atoms with van der Waals surface area (Å²) in [6.07, 6.45) is 3.94. The normalized spacial score (nSPS) is 34.4. The summed E-state index contributed by atoms with van der Waals surface area (Å²) < 4.78 is 5.05. The number of carbonyl (C=O) groups is 1. The summed E-state index contributed by atoms with van der Waals surface area (Å²) in [6, 6.07) is 4.43. The van der Waals surface area contributed by atoms with Gasteiger partial charge < -0.3 is 15.0 Å². The van der Waals surface area contributed by atoms with Gasteiger partial charge in [-0.25, -0.2) is 4.98 Å². The van der Waals surface area contributed by atoms with Crippen LogP contribution in [-0.2, 0) is 0 Å². The molecular formula is C15H19N3O2. The second kappa shape index (κ2) is 4.45. The van der Waals surface area contributed by atoms with Crippen molar-refractivity contribution in [2.24, 2.45) is 11.8 Å². The molecular weight excluding hydrogens is 254 g/mol. The van der Waals surface area contributed by atoms with Crippen LogP contribution in [0.3, 0.4) is 0 Å². The standard InChI is InChI=1S/C15H19N3O2/c1-20-14-5-2-9(6-17-14)15(19)18-12-3-4-13(18)11-8-16-7-10(11)12/h2,5-6,10-13,16H,3-4,7-8H2,1H3/t10-,11+,12-,13+. The number of pyridine rings is 1. The molecule has 0 radical (unpaired) electrons. The molecule has 4 atom stereocenters. The average Bonchev–Trinajstić information content (AvgIpc) is 3.18. The predicted octanol–water partition coefficient (Wildman–Crippen LogP) is 0.913. The van der Waals surface area contributed by atoms with Gasteiger partial charge in [-0.15, -0.1) is 0 Å². The molecule has 3 saturated heterocycles. The van der Waals surface area contributed by atoms with Crippen molar-refractivity contribution in [1.29, 1.82) is 0 Å². The van der Waals surface area contributed by atoms with Gasteiger partial charge in [0.05, 0.1) is 12.7 Å². The number of fused-ring (bicyclic) bond motifs is 5. The molecule has 0 spiro atoms. The monoisotopic (exact) mass is 273 g/mol. The minimum atomic E-state index is 0.141. The molecule has 20 heavy (non-hydrogen) atoms. The van der Waals surface area contributed by atoms with Gasteiger partial charge in [-0.2, -0.15) is 0 Å². The minimum Gasteiger partial charge on any atom is -0.481 e. The zero-order valence-corrected chi connectivity index (χ0v) is 11.6. The van der Waals surface area contributed by atoms with Crippen LogP contribution in [-0.4, -0.2) is 48.1 Å². The summed E-state index contributed by atoms with van der Waals surface area (Å²) in [5.74, 6) is 2.00. The van der Waals surface area contributed by atoms with Crippen LogP contribution in [0.25, 0.3) is 0 Å². The summed E-state index contributed by atoms with van der Waals surface area (Å²) >= 11 is 0. The Bertz CT molecular complexity index is 512. The van der Waals surface area contributed by atoms with Crippen molar-refractivity contribution in [2.45, 2.75) is 24.9 Å². The highest BCUT2D eigenvalue weighted by atomic mass is 16.5. The maximum Gasteiger partial charge on any atom is 0.255 e. The number of rotatable bonds is 2. The molecule has 1 aromatic heterocycles. The molecule has 0 aliphatic carbocycles. The largest absolute Gasteiger partial charge is 0.481 e. The van der Waals surface area contributed by atoms with Gasteiger partial charge in [-0.05, 0) is 30.7 Å². The van der Waals surface area contributed by atoms with Gasteiger partial charge in [0.2, 0.25) is 5.88 Å². The first-order valence-corrected chi connectivity index (χ1v) is 7.33. The number of carbonyl (C=O) groups excluding carboxylic acids is 1. The fourth-order valence-corrected chi connectivity index (χ4v) is 4.35. The van der Waals surface area contributed by atoms with Gasteiger partial charge in [-0.1, -0.05) is 0 Å². The van der Waals surface area contributed by atoms with Gasteiger partial charge in [0, 0.05) is 37.4 Å². The second-order valence-corrected chi connectivity index (χ2v) is 6.00. The van der Waals surface area contributed by atoms with E-state index in [1.807, 2.05) is 6.07 Å². The molecule has 1 N–H and O–H groups in total. The molecule has 5 nitrogen and oxygen atoms in total. The lowest BCUT2D eigenvalue weighted by molar-refractivity contribution is 0.0709. The van der Waals surface area contributed by atoms with E-state index in [0.29, 0.717) is 35.4 Å². The Labute approximate surface area is 118 Å². The van der Waals surface area contributed by atoms with E-state index in [-0.39, 0.29) is 5.91 Å². The Hall–Kier alpha value is -1.62. The molecule has 0 unspecified atom stereocenters. The molecule has 4 rings (SSSR count). The van der Waals surface area contributed by atoms with Crippen LogP contribution in [0, 0.1) is 11.8 Å². The SMILES string of the molecule is COc1ccc(C(=O)N2[C@@H]3CC[C@H]2[C@H]2CNC[C@H]23)cn1. The summed E-state index contributed by atoms with van der Waals surface area (Å²) in [5, 5.41) is 3.47. The van der Waals surface area contributed by atoms with E-state index in [4.69, 9.17) is 4.74 Å². The fraction of sp³-hybridized carbons (Fsp3) is 0.600. The van der Waals surface area contributed by atoms with E-state index in [0.717, 1.165) is 25.9 Å². The second-order valence-electron chi connectivity index (χ2n) is 6.00. The Kier molecular flexibility index (Phi) is 2.70. The number of ether oxygens (including phenoxy) is 1. The van der Waals surface area contributed by atoms with Gasteiger partial charge in [0.15, 0.2) is 0 Å². The van der Waals surface area contributed by atoms with Crippen molar-refractivity contribution in [3.05, 3.63) is 23.9 Å². The molecule has 0 saturated carbocycles. The summed E-state index contributed by atoms with van der Waals surface area (Å²) in [5.41, 5.74) is 0.677. The number of methoxy groups -OCH3 is 1. The lowest BCUT2D eigenvalue weighted by atomic mass is 9.82. The predicted molar refractivity (Wildman–Crippen MR) is 73.6 cm³/mol. The average molecular weight is 273 g/mol. The molecule has 0 aromatic carbocycles. The molecule has 1 aromatic rings. The van der Waals surface area contributed by atoms with Crippen molar-refractivity contribution < 1.29 is 9.53 Å². The zero-order valence-electron chi connectivity index (χ0n) is 11.6. The minimum absolute atomic E-state index is 0.141. The van der Waals surface area contributed by atoms with E-state index < -0.39 is 0 Å². The van der Waals surface area contributed by atoms with Crippen LogP contribution in [0.1, 0.15) is 23.2 Å². The molecule has 3 aliphatic heterocycles. The lowest BCUT2D eigenvalue weighted by Crippen LogP contribution is -2.39. The zero-order chi connectivity index (χ0) is 13.7. The van der Waals surface area contributed by atoms with Crippen LogP contribution in [0.2, 0.25) is 0 Å². The van der Waals surface area contributed by atoms with Gasteiger partial charge in [-0.3, -0.25) is 4.79 Å². The van der Waals surface area contributed by atoms with Crippen molar-refractivity contribution in [3.8, 4) is 5.88 Å². The molecule has 3 fully saturated rings. The van der Waals surface area contributed by atoms with Crippen molar-refractivity contribution in [1.82, 2.24) is 15.2 Å². The van der Waals surface area contributed by atoms with Crippen LogP contribution in [0.5, 0.6) is 5.88 Å². The highest BCUT2D eigenvalue weighted by Gasteiger charge is 2.56. The Morgan fingerprint density at radius 2 is 2.00 bits per heavy atom. The van der Waals surface area contributed by atoms with Gasteiger partial charge in [0.25, 0.3) is 5.91 Å². The van der Waals surface area contributed by atoms with E-state index >= 15 is 0 Å². The maximum atomic E-state index is 12.8. The number of aromatic nitrogens is 1. The molecule has 4 heterocycles. The fourth-order valence-electron chi connectivity index (χ4n) is 4.35. The van der Waals surface area contributed by atoms with Crippen molar-refractivity contribution in [2.75, 3.05) is 20.2 Å². The Morgan fingerprint density at radius 3 is 2.55 bits per heavy atom. The molecule has 5 heteroatoms. The highest BCUT2D eigenvalue weighted by molar-refractivity contribution is 5.95. The molecule has 3 aliphatic rings. The third kappa shape index (κ3) is 1.59. The number of nitrogens with one attached hydrogen (secondary N) is 1. The van der Waals surface area contributed by atoms with Crippen LogP contribution in [0.15, 0.2) is 18.3 Å². The molecule has 1 amide bonds. The summed E-state index contributed by atoms with van der Waals surface area (Å²) in [4.78, 5) is 19.1. The van der Waals surface area contributed by atoms with Crippen LogP contribution >= 0.6 is 0 Å². The first-order chi connectivity index (χ1) is 9.79. The highest BCUT2D eigenvalue weighted by Crippen LogP contribution is 2.47. The van der Waals surface area contributed by atoms with E-state index in [2.05, 4.69) is 15.2 Å².